The number of anilines is 2. The number of ether oxygens (including phenoxy) is 3. The van der Waals surface area contributed by atoms with Crippen molar-refractivity contribution in [2.45, 2.75) is 20.5 Å². The molecule has 0 saturated heterocycles. The van der Waals surface area contributed by atoms with E-state index in [1.54, 1.807) is 18.3 Å². The first-order valence-corrected chi connectivity index (χ1v) is 11.5. The first-order valence-electron chi connectivity index (χ1n) is 11.1. The van der Waals surface area contributed by atoms with Crippen LogP contribution in [0, 0.1) is 5.92 Å². The van der Waals surface area contributed by atoms with Gasteiger partial charge in [0.05, 0.1) is 16.1 Å². The average Bonchev–Trinajstić information content (AvgIpc) is 2.84. The lowest BCUT2D eigenvalue weighted by Crippen LogP contribution is -2.15. The number of hydrogen-bond acceptors (Lipinski definition) is 8. The van der Waals surface area contributed by atoms with Gasteiger partial charge in [0.1, 0.15) is 31.3 Å². The molecule has 4 heterocycles. The molecule has 0 saturated carbocycles. The fourth-order valence-corrected chi connectivity index (χ4v) is 3.78. The number of nitrogens with one attached hydrogen (secondary N) is 1. The lowest BCUT2D eigenvalue weighted by atomic mass is 10.2. The molecule has 8 nitrogen and oxygen atoms in total. The van der Waals surface area contributed by atoms with Gasteiger partial charge in [-0.2, -0.15) is 0 Å². The highest BCUT2D eigenvalue weighted by molar-refractivity contribution is 6.32. The first kappa shape index (κ1) is 22.3. The van der Waals surface area contributed by atoms with Crippen molar-refractivity contribution in [3.05, 3.63) is 59.5 Å². The predicted octanol–water partition coefficient (Wildman–Crippen LogP) is 5.43. The maximum Gasteiger partial charge on any atom is 0.165 e. The Labute approximate surface area is 202 Å². The summed E-state index contributed by atoms with van der Waals surface area (Å²) in [6.45, 7) is 6.15. The van der Waals surface area contributed by atoms with Gasteiger partial charge in [-0.25, -0.2) is 15.0 Å². The van der Waals surface area contributed by atoms with Crippen molar-refractivity contribution >= 4 is 34.1 Å². The molecule has 1 N–H and O–H groups in total. The van der Waals surface area contributed by atoms with Crippen LogP contribution >= 0.6 is 11.6 Å². The summed E-state index contributed by atoms with van der Waals surface area (Å²) in [5.74, 6) is 2.98. The van der Waals surface area contributed by atoms with E-state index in [0.29, 0.717) is 65.2 Å². The second kappa shape index (κ2) is 9.79. The van der Waals surface area contributed by atoms with Crippen LogP contribution < -0.4 is 14.8 Å². The van der Waals surface area contributed by atoms with E-state index in [0.717, 1.165) is 16.8 Å². The molecule has 9 heteroatoms. The van der Waals surface area contributed by atoms with Crippen LogP contribution in [0.1, 0.15) is 19.7 Å². The summed E-state index contributed by atoms with van der Waals surface area (Å²) in [5, 5.41) is 4.67. The van der Waals surface area contributed by atoms with Crippen molar-refractivity contribution in [2.24, 2.45) is 5.92 Å². The first-order chi connectivity index (χ1) is 16.6. The van der Waals surface area contributed by atoms with Crippen LogP contribution in [-0.2, 0) is 11.3 Å². The molecule has 0 radical (unpaired) electrons. The van der Waals surface area contributed by atoms with E-state index < -0.39 is 0 Å². The third-order valence-corrected chi connectivity index (χ3v) is 5.40. The van der Waals surface area contributed by atoms with Gasteiger partial charge in [0.2, 0.25) is 0 Å². The monoisotopic (exact) mass is 477 g/mol. The third kappa shape index (κ3) is 4.88. The van der Waals surface area contributed by atoms with E-state index in [9.17, 15) is 0 Å². The largest absolute Gasteiger partial charge is 0.486 e. The Balaban J connectivity index is 1.54. The topological polar surface area (TPSA) is 91.3 Å². The zero-order chi connectivity index (χ0) is 23.5. The number of nitrogens with zero attached hydrogens (tertiary/aromatic N) is 4. The van der Waals surface area contributed by atoms with E-state index in [1.807, 2.05) is 30.3 Å². The van der Waals surface area contributed by atoms with Gasteiger partial charge in [0.25, 0.3) is 0 Å². The number of benzene rings is 1. The van der Waals surface area contributed by atoms with E-state index in [1.165, 1.54) is 0 Å². The van der Waals surface area contributed by atoms with Crippen molar-refractivity contribution in [3.8, 4) is 22.9 Å². The quantitative estimate of drug-likeness (QED) is 0.377. The molecule has 0 fully saturated rings. The van der Waals surface area contributed by atoms with E-state index >= 15 is 0 Å². The molecule has 5 rings (SSSR count). The third-order valence-electron chi connectivity index (χ3n) is 5.09. The highest BCUT2D eigenvalue weighted by Gasteiger charge is 2.16. The minimum Gasteiger partial charge on any atom is -0.486 e. The summed E-state index contributed by atoms with van der Waals surface area (Å²) in [6.07, 6.45) is 1.69. The maximum absolute atomic E-state index is 6.35. The molecule has 174 valence electrons. The molecule has 4 aromatic rings. The summed E-state index contributed by atoms with van der Waals surface area (Å²) in [4.78, 5) is 18.5. The number of pyridine rings is 2. The Bertz CT molecular complexity index is 1330. The summed E-state index contributed by atoms with van der Waals surface area (Å²) in [6, 6.07) is 13.1. The molecule has 0 spiro atoms. The van der Waals surface area contributed by atoms with E-state index in [4.69, 9.17) is 35.8 Å². The van der Waals surface area contributed by atoms with Crippen LogP contribution in [-0.4, -0.2) is 39.8 Å². The standard InChI is InChI=1S/C25H24ClN5O3/c1-15(2)13-32-14-22-30-24(28-16-5-8-20-21(12-16)34-11-10-33-20)17-6-7-19(29-25(17)31-22)23-18(26)4-3-9-27-23/h3-9,12,15H,10-11,13-14H2,1-2H3,(H,28,29,30,31). The Morgan fingerprint density at radius 2 is 1.88 bits per heavy atom. The van der Waals surface area contributed by atoms with E-state index in [2.05, 4.69) is 29.1 Å². The van der Waals surface area contributed by atoms with Crippen molar-refractivity contribution in [1.82, 2.24) is 19.9 Å². The van der Waals surface area contributed by atoms with Crippen molar-refractivity contribution in [3.63, 3.8) is 0 Å². The fourth-order valence-electron chi connectivity index (χ4n) is 3.56. The van der Waals surface area contributed by atoms with Crippen LogP contribution in [0.3, 0.4) is 0 Å². The molecule has 0 aliphatic carbocycles. The summed E-state index contributed by atoms with van der Waals surface area (Å²) >= 11 is 6.35. The second-order valence-electron chi connectivity index (χ2n) is 8.28. The van der Waals surface area contributed by atoms with E-state index in [-0.39, 0.29) is 6.61 Å². The zero-order valence-electron chi connectivity index (χ0n) is 18.9. The second-order valence-corrected chi connectivity index (χ2v) is 8.69. The lowest BCUT2D eigenvalue weighted by Gasteiger charge is -2.19. The van der Waals surface area contributed by atoms with Crippen molar-refractivity contribution < 1.29 is 14.2 Å². The van der Waals surface area contributed by atoms with Crippen LogP contribution in [0.2, 0.25) is 5.02 Å². The molecular formula is C25H24ClN5O3. The van der Waals surface area contributed by atoms with Gasteiger partial charge in [0.15, 0.2) is 23.0 Å². The molecular weight excluding hydrogens is 454 g/mol. The maximum atomic E-state index is 6.35. The highest BCUT2D eigenvalue weighted by atomic mass is 35.5. The molecule has 0 atom stereocenters. The molecule has 1 aromatic carbocycles. The lowest BCUT2D eigenvalue weighted by molar-refractivity contribution is 0.0925. The Hall–Kier alpha value is -3.49. The number of aromatic nitrogens is 4. The van der Waals surface area contributed by atoms with Gasteiger partial charge >= 0.3 is 0 Å². The SMILES string of the molecule is CC(C)COCc1nc(Nc2ccc3c(c2)OCCO3)c2ccc(-c3ncccc3Cl)nc2n1. The molecule has 3 aromatic heterocycles. The molecule has 0 unspecified atom stereocenters. The zero-order valence-corrected chi connectivity index (χ0v) is 19.7. The van der Waals surface area contributed by atoms with Crippen LogP contribution in [0.15, 0.2) is 48.7 Å². The Morgan fingerprint density at radius 3 is 2.71 bits per heavy atom. The molecule has 1 aliphatic rings. The summed E-state index contributed by atoms with van der Waals surface area (Å²) in [7, 11) is 0. The number of rotatable bonds is 7. The number of fused-ring (bicyclic) bond motifs is 2. The predicted molar refractivity (Wildman–Crippen MR) is 131 cm³/mol. The van der Waals surface area contributed by atoms with Crippen molar-refractivity contribution in [2.75, 3.05) is 25.1 Å². The molecule has 34 heavy (non-hydrogen) atoms. The van der Waals surface area contributed by atoms with Crippen LogP contribution in [0.5, 0.6) is 11.5 Å². The number of halogens is 1. The van der Waals surface area contributed by atoms with Gasteiger partial charge in [-0.05, 0) is 42.3 Å². The Morgan fingerprint density at radius 1 is 1.03 bits per heavy atom. The minimum atomic E-state index is 0.278. The van der Waals surface area contributed by atoms with Crippen molar-refractivity contribution in [1.29, 1.82) is 0 Å². The minimum absolute atomic E-state index is 0.278. The summed E-state index contributed by atoms with van der Waals surface area (Å²) < 4.78 is 17.1. The number of hydrogen-bond donors (Lipinski definition) is 1. The van der Waals surface area contributed by atoms with Gasteiger partial charge in [-0.15, -0.1) is 0 Å². The molecule has 1 aliphatic heterocycles. The normalized spacial score (nSPS) is 12.8. The smallest absolute Gasteiger partial charge is 0.165 e. The van der Waals surface area contributed by atoms with Gasteiger partial charge < -0.3 is 19.5 Å². The Kier molecular flexibility index (Phi) is 6.42. The molecule has 0 bridgehead atoms. The summed E-state index contributed by atoms with van der Waals surface area (Å²) in [5.41, 5.74) is 2.58. The highest BCUT2D eigenvalue weighted by Crippen LogP contribution is 2.34. The van der Waals surface area contributed by atoms with Gasteiger partial charge in [0, 0.05) is 24.6 Å². The van der Waals surface area contributed by atoms with Gasteiger partial charge in [-0.3, -0.25) is 4.98 Å². The van der Waals surface area contributed by atoms with Gasteiger partial charge in [-0.1, -0.05) is 25.4 Å². The molecule has 0 amide bonds. The van der Waals surface area contributed by atoms with Crippen LogP contribution in [0.25, 0.3) is 22.4 Å². The van der Waals surface area contributed by atoms with Crippen LogP contribution in [0.4, 0.5) is 11.5 Å². The average molecular weight is 478 g/mol. The fraction of sp³-hybridized carbons (Fsp3) is 0.280.